The highest BCUT2D eigenvalue weighted by Gasteiger charge is 2.52. The zero-order chi connectivity index (χ0) is 28.7. The number of aromatic nitrogens is 2. The fourth-order valence-corrected chi connectivity index (χ4v) is 6.06. The van der Waals surface area contributed by atoms with E-state index in [1.165, 1.54) is 24.3 Å². The zero-order valence-electron chi connectivity index (χ0n) is 21.8. The van der Waals surface area contributed by atoms with Gasteiger partial charge < -0.3 is 19.0 Å². The molecule has 2 fully saturated rings. The molecular formula is C28H27F3N4O6. The summed E-state index contributed by atoms with van der Waals surface area (Å²) in [6, 6.07) is 13.1. The molecule has 0 bridgehead atoms. The van der Waals surface area contributed by atoms with E-state index >= 15 is 0 Å². The van der Waals surface area contributed by atoms with Crippen LogP contribution in [0.3, 0.4) is 0 Å². The number of amides is 1. The third kappa shape index (κ3) is 5.66. The number of carbonyl (C=O) groups is 2. The van der Waals surface area contributed by atoms with Gasteiger partial charge in [-0.05, 0) is 55.0 Å². The number of rotatable bonds is 8. The van der Waals surface area contributed by atoms with Crippen molar-refractivity contribution in [1.29, 1.82) is 0 Å². The predicted octanol–water partition coefficient (Wildman–Crippen LogP) is 5.61. The maximum atomic E-state index is 13.2. The van der Waals surface area contributed by atoms with E-state index in [1.54, 1.807) is 4.90 Å². The van der Waals surface area contributed by atoms with Crippen molar-refractivity contribution in [2.45, 2.75) is 63.0 Å². The summed E-state index contributed by atoms with van der Waals surface area (Å²) < 4.78 is 52.6. The number of hydrogen-bond donors (Lipinski definition) is 1. The third-order valence-electron chi connectivity index (χ3n) is 7.73. The van der Waals surface area contributed by atoms with E-state index in [2.05, 4.69) is 14.9 Å². The molecule has 216 valence electrons. The zero-order valence-corrected chi connectivity index (χ0v) is 21.8. The van der Waals surface area contributed by atoms with Gasteiger partial charge in [0.25, 0.3) is 0 Å². The van der Waals surface area contributed by atoms with Gasteiger partial charge in [-0.3, -0.25) is 9.80 Å². The van der Waals surface area contributed by atoms with Gasteiger partial charge in [0.05, 0.1) is 18.2 Å². The molecular weight excluding hydrogens is 545 g/mol. The summed E-state index contributed by atoms with van der Waals surface area (Å²) in [7, 11) is 0. The monoisotopic (exact) mass is 572 g/mol. The number of nitrogens with zero attached hydrogens (tertiary/aromatic N) is 4. The fourth-order valence-electron chi connectivity index (χ4n) is 6.06. The van der Waals surface area contributed by atoms with Gasteiger partial charge in [0.1, 0.15) is 5.75 Å². The highest BCUT2D eigenvalue weighted by atomic mass is 19.4. The number of ether oxygens (including phenoxy) is 2. The van der Waals surface area contributed by atoms with Gasteiger partial charge in [0.2, 0.25) is 5.89 Å². The number of anilines is 2. The molecule has 2 aromatic carbocycles. The van der Waals surface area contributed by atoms with Crippen LogP contribution in [0.1, 0.15) is 55.2 Å². The van der Waals surface area contributed by atoms with Crippen molar-refractivity contribution in [3.8, 4) is 5.75 Å². The molecule has 1 aromatic heterocycles. The van der Waals surface area contributed by atoms with Crippen LogP contribution in [-0.2, 0) is 16.0 Å². The Hall–Kier alpha value is -4.29. The van der Waals surface area contributed by atoms with Crippen molar-refractivity contribution in [1.82, 2.24) is 15.1 Å². The first kappa shape index (κ1) is 26.9. The summed E-state index contributed by atoms with van der Waals surface area (Å²) in [5, 5.41) is 17.6. The number of para-hydroxylation sites is 1. The lowest BCUT2D eigenvalue weighted by Gasteiger charge is -2.46. The lowest BCUT2D eigenvalue weighted by molar-refractivity contribution is -0.274. The predicted molar refractivity (Wildman–Crippen MR) is 137 cm³/mol. The summed E-state index contributed by atoms with van der Waals surface area (Å²) in [5.41, 5.74) is 2.39. The molecule has 0 spiro atoms. The van der Waals surface area contributed by atoms with E-state index in [4.69, 9.17) is 14.3 Å². The van der Waals surface area contributed by atoms with E-state index in [0.29, 0.717) is 17.5 Å². The summed E-state index contributed by atoms with van der Waals surface area (Å²) in [6.45, 7) is -0.695. The number of carboxylic acids is 1. The SMILES string of the molecule is O=C(O)COC(=O)N(C1CC1)C1c2ccccc2N(c2nnc(Cc3ccc(OC(F)(F)F)cc3)o2)C2CCCC21. The number of alkyl halides is 3. The maximum Gasteiger partial charge on any atom is 0.573 e. The molecule has 13 heteroatoms. The molecule has 2 heterocycles. The maximum absolute atomic E-state index is 13.2. The van der Waals surface area contributed by atoms with E-state index in [-0.39, 0.29) is 36.2 Å². The molecule has 0 radical (unpaired) electrons. The van der Waals surface area contributed by atoms with Crippen molar-refractivity contribution in [3.05, 3.63) is 65.5 Å². The van der Waals surface area contributed by atoms with Gasteiger partial charge in [-0.15, -0.1) is 18.3 Å². The third-order valence-corrected chi connectivity index (χ3v) is 7.73. The smallest absolute Gasteiger partial charge is 0.479 e. The van der Waals surface area contributed by atoms with E-state index in [9.17, 15) is 22.8 Å². The average Bonchev–Trinajstić information content (AvgIpc) is 3.45. The van der Waals surface area contributed by atoms with Crippen molar-refractivity contribution in [3.63, 3.8) is 0 Å². The summed E-state index contributed by atoms with van der Waals surface area (Å²) in [6.07, 6.45) is -0.904. The van der Waals surface area contributed by atoms with Crippen LogP contribution < -0.4 is 9.64 Å². The Kier molecular flexibility index (Phi) is 6.96. The number of carboxylic acid groups (broad SMARTS) is 1. The number of halogens is 3. The van der Waals surface area contributed by atoms with Crippen LogP contribution in [-0.4, -0.2) is 57.3 Å². The van der Waals surface area contributed by atoms with Gasteiger partial charge in [-0.2, -0.15) is 0 Å². The molecule has 3 unspecified atom stereocenters. The van der Waals surface area contributed by atoms with Crippen LogP contribution in [0, 0.1) is 5.92 Å². The number of benzene rings is 2. The summed E-state index contributed by atoms with van der Waals surface area (Å²) in [5.74, 6) is -1.19. The minimum Gasteiger partial charge on any atom is -0.479 e. The summed E-state index contributed by atoms with van der Waals surface area (Å²) >= 11 is 0. The van der Waals surface area contributed by atoms with Gasteiger partial charge in [0, 0.05) is 18.0 Å². The molecule has 3 atom stereocenters. The number of hydrogen-bond acceptors (Lipinski definition) is 8. The van der Waals surface area contributed by atoms with Crippen molar-refractivity contribution in [2.75, 3.05) is 11.5 Å². The average molecular weight is 573 g/mol. The normalized spacial score (nSPS) is 21.6. The largest absolute Gasteiger partial charge is 0.573 e. The van der Waals surface area contributed by atoms with Crippen LogP contribution >= 0.6 is 0 Å². The van der Waals surface area contributed by atoms with Crippen LogP contribution in [0.4, 0.5) is 29.7 Å². The second-order valence-electron chi connectivity index (χ2n) is 10.5. The lowest BCUT2D eigenvalue weighted by Crippen LogP contribution is -2.49. The first-order chi connectivity index (χ1) is 19.7. The van der Waals surface area contributed by atoms with Crippen LogP contribution in [0.5, 0.6) is 5.75 Å². The fraction of sp³-hybridized carbons (Fsp3) is 0.429. The van der Waals surface area contributed by atoms with Crippen molar-refractivity contribution < 1.29 is 41.8 Å². The molecule has 6 rings (SSSR count). The van der Waals surface area contributed by atoms with Gasteiger partial charge in [-0.1, -0.05) is 41.9 Å². The number of fused-ring (bicyclic) bond motifs is 2. The highest BCUT2D eigenvalue weighted by molar-refractivity contribution is 5.76. The van der Waals surface area contributed by atoms with Crippen LogP contribution in [0.25, 0.3) is 0 Å². The van der Waals surface area contributed by atoms with Crippen LogP contribution in [0.15, 0.2) is 52.9 Å². The van der Waals surface area contributed by atoms with Gasteiger partial charge in [0.15, 0.2) is 6.61 Å². The molecule has 0 saturated heterocycles. The molecule has 1 aliphatic heterocycles. The first-order valence-corrected chi connectivity index (χ1v) is 13.4. The summed E-state index contributed by atoms with van der Waals surface area (Å²) in [4.78, 5) is 28.0. The minimum atomic E-state index is -4.76. The topological polar surface area (TPSA) is 118 Å². The quantitative estimate of drug-likeness (QED) is 0.368. The van der Waals surface area contributed by atoms with Gasteiger partial charge in [-0.25, -0.2) is 9.59 Å². The molecule has 1 N–H and O–H groups in total. The minimum absolute atomic E-state index is 0.00919. The number of aliphatic carboxylic acids is 1. The molecule has 41 heavy (non-hydrogen) atoms. The van der Waals surface area contributed by atoms with Crippen molar-refractivity contribution in [2.24, 2.45) is 5.92 Å². The van der Waals surface area contributed by atoms with E-state index < -0.39 is 25.0 Å². The molecule has 3 aliphatic rings. The van der Waals surface area contributed by atoms with Crippen molar-refractivity contribution >= 4 is 23.8 Å². The Balaban J connectivity index is 1.28. The number of carbonyl (C=O) groups excluding carboxylic acids is 1. The second-order valence-corrected chi connectivity index (χ2v) is 10.5. The highest BCUT2D eigenvalue weighted by Crippen LogP contribution is 2.54. The Labute approximate surface area is 232 Å². The molecule has 3 aromatic rings. The van der Waals surface area contributed by atoms with E-state index in [0.717, 1.165) is 43.4 Å². The molecule has 2 aliphatic carbocycles. The molecule has 10 nitrogen and oxygen atoms in total. The van der Waals surface area contributed by atoms with Crippen LogP contribution in [0.2, 0.25) is 0 Å². The van der Waals surface area contributed by atoms with Gasteiger partial charge >= 0.3 is 24.4 Å². The Morgan fingerprint density at radius 1 is 1.05 bits per heavy atom. The van der Waals surface area contributed by atoms with E-state index in [1.807, 2.05) is 29.2 Å². The standard InChI is InChI=1S/C28H27F3N4O6/c29-28(30,31)41-18-12-8-16(9-13-18)14-23-32-33-26(40-23)35-21-6-2-1-4-19(21)25(20-5-3-7-22(20)35)34(17-10-11-17)27(38)39-15-24(36)37/h1-2,4,6,8-9,12-13,17,20,22,25H,3,5,7,10-11,14-15H2,(H,36,37). The molecule has 2 saturated carbocycles. The second kappa shape index (κ2) is 10.6. The lowest BCUT2D eigenvalue weighted by atomic mass is 9.82. The molecule has 1 amide bonds. The Morgan fingerprint density at radius 3 is 2.51 bits per heavy atom. The Morgan fingerprint density at radius 2 is 1.80 bits per heavy atom. The Bertz CT molecular complexity index is 1420. The first-order valence-electron chi connectivity index (χ1n) is 13.4.